The van der Waals surface area contributed by atoms with Crippen LogP contribution in [0, 0.1) is 6.92 Å². The Morgan fingerprint density at radius 3 is 2.64 bits per heavy atom. The number of carbonyl (C=O) groups excluding carboxylic acids is 2. The Bertz CT molecular complexity index is 794. The van der Waals surface area contributed by atoms with Crippen LogP contribution in [-0.4, -0.2) is 31.7 Å². The highest BCUT2D eigenvalue weighted by Crippen LogP contribution is 2.40. The van der Waals surface area contributed by atoms with E-state index in [1.807, 2.05) is 31.2 Å². The van der Waals surface area contributed by atoms with Crippen molar-refractivity contribution in [2.24, 2.45) is 0 Å². The summed E-state index contributed by atoms with van der Waals surface area (Å²) in [6.45, 7) is 2.52. The van der Waals surface area contributed by atoms with Crippen molar-refractivity contribution in [1.82, 2.24) is 0 Å². The normalized spacial score (nSPS) is 16.7. The first-order valence-corrected chi connectivity index (χ1v) is 9.52. The molecule has 0 radical (unpaired) electrons. The zero-order valence-electron chi connectivity index (χ0n) is 13.9. The predicted octanol–water partition coefficient (Wildman–Crippen LogP) is 4.39. The monoisotopic (exact) mass is 423 g/mol. The van der Waals surface area contributed by atoms with E-state index in [0.29, 0.717) is 23.6 Å². The number of carbonyl (C=O) groups is 2. The quantitative estimate of drug-likeness (QED) is 0.740. The van der Waals surface area contributed by atoms with E-state index >= 15 is 0 Å². The number of halogens is 1. The topological polar surface area (TPSA) is 64.6 Å². The largest absolute Gasteiger partial charge is 0.465 e. The van der Waals surface area contributed by atoms with Crippen molar-refractivity contribution < 1.29 is 19.1 Å². The fraction of sp³-hybridized carbons (Fsp3) is 0.333. The fourth-order valence-corrected chi connectivity index (χ4v) is 4.20. The second kappa shape index (κ2) is 7.68. The van der Waals surface area contributed by atoms with Gasteiger partial charge in [-0.3, -0.25) is 4.79 Å². The number of methoxy groups -OCH3 is 1. The minimum absolute atomic E-state index is 0.216. The van der Waals surface area contributed by atoms with E-state index in [9.17, 15) is 9.59 Å². The second-order valence-corrected chi connectivity index (χ2v) is 7.87. The molecule has 5 nitrogen and oxygen atoms in total. The Balaban J connectivity index is 2.00. The average molecular weight is 424 g/mol. The third-order valence-corrected chi connectivity index (χ3v) is 5.61. The number of anilines is 1. The van der Waals surface area contributed by atoms with Crippen molar-refractivity contribution >= 4 is 44.1 Å². The van der Waals surface area contributed by atoms with Gasteiger partial charge in [0.2, 0.25) is 0 Å². The fourth-order valence-electron chi connectivity index (χ4n) is 2.87. The molecule has 0 spiro atoms. The van der Waals surface area contributed by atoms with Crippen LogP contribution in [0.5, 0.6) is 0 Å². The molecule has 0 aliphatic carbocycles. The van der Waals surface area contributed by atoms with Crippen LogP contribution < -0.4 is 5.32 Å². The number of aryl methyl sites for hydroxylation is 1. The number of nitrogens with one attached hydrogen (secondary N) is 1. The van der Waals surface area contributed by atoms with Gasteiger partial charge in [0.15, 0.2) is 0 Å². The molecule has 2 heterocycles. The summed E-state index contributed by atoms with van der Waals surface area (Å²) >= 11 is 4.78. The second-order valence-electron chi connectivity index (χ2n) is 5.73. The van der Waals surface area contributed by atoms with Crippen LogP contribution in [0.15, 0.2) is 28.7 Å². The Morgan fingerprint density at radius 2 is 2.04 bits per heavy atom. The first-order valence-electron chi connectivity index (χ1n) is 7.91. The smallest absolute Gasteiger partial charge is 0.341 e. The Labute approximate surface area is 158 Å². The molecule has 1 fully saturated rings. The van der Waals surface area contributed by atoms with Crippen LogP contribution in [0.1, 0.15) is 28.1 Å². The van der Waals surface area contributed by atoms with Gasteiger partial charge in [0.25, 0.3) is 5.91 Å². The van der Waals surface area contributed by atoms with Crippen molar-refractivity contribution in [1.29, 1.82) is 0 Å². The van der Waals surface area contributed by atoms with Gasteiger partial charge in [-0.05, 0) is 37.5 Å². The zero-order valence-corrected chi connectivity index (χ0v) is 16.3. The van der Waals surface area contributed by atoms with Gasteiger partial charge < -0.3 is 14.8 Å². The number of ether oxygens (including phenoxy) is 2. The molecule has 0 saturated carbocycles. The summed E-state index contributed by atoms with van der Waals surface area (Å²) in [7, 11) is 1.34. The molecule has 1 aliphatic heterocycles. The van der Waals surface area contributed by atoms with Crippen LogP contribution in [0.25, 0.3) is 11.1 Å². The number of amides is 1. The molecular formula is C18H18BrNO4S. The lowest BCUT2D eigenvalue weighted by Crippen LogP contribution is -2.27. The number of benzene rings is 1. The molecule has 7 heteroatoms. The van der Waals surface area contributed by atoms with E-state index in [-0.39, 0.29) is 5.91 Å². The van der Waals surface area contributed by atoms with Crippen LogP contribution >= 0.6 is 27.3 Å². The summed E-state index contributed by atoms with van der Waals surface area (Å²) in [4.78, 5) is 25.7. The Kier molecular flexibility index (Phi) is 5.56. The summed E-state index contributed by atoms with van der Waals surface area (Å²) in [6, 6.07) is 7.69. The predicted molar refractivity (Wildman–Crippen MR) is 101 cm³/mol. The maximum absolute atomic E-state index is 12.4. The lowest BCUT2D eigenvalue weighted by Gasteiger charge is -2.11. The molecule has 1 aliphatic rings. The van der Waals surface area contributed by atoms with E-state index in [0.717, 1.165) is 26.9 Å². The standard InChI is InChI=1S/C18H18BrNO4S/c1-10-14(11-5-7-12(19)8-6-11)15(18(22)23-2)17(25-10)20-16(21)13-4-3-9-24-13/h5-8,13H,3-4,9H2,1-2H3,(H,20,21)/t13-/m1/s1. The van der Waals surface area contributed by atoms with E-state index in [4.69, 9.17) is 9.47 Å². The van der Waals surface area contributed by atoms with Crippen molar-refractivity contribution in [3.63, 3.8) is 0 Å². The van der Waals surface area contributed by atoms with Gasteiger partial charge in [0, 0.05) is 21.5 Å². The number of hydrogen-bond donors (Lipinski definition) is 1. The molecule has 1 aromatic heterocycles. The van der Waals surface area contributed by atoms with Crippen molar-refractivity contribution in [3.05, 3.63) is 39.2 Å². The Hall–Kier alpha value is -1.70. The van der Waals surface area contributed by atoms with Crippen molar-refractivity contribution in [2.45, 2.75) is 25.9 Å². The molecule has 1 N–H and O–H groups in total. The summed E-state index contributed by atoms with van der Waals surface area (Å²) in [5, 5.41) is 3.36. The molecule has 0 bridgehead atoms. The lowest BCUT2D eigenvalue weighted by molar-refractivity contribution is -0.124. The molecule has 3 rings (SSSR count). The molecule has 25 heavy (non-hydrogen) atoms. The zero-order chi connectivity index (χ0) is 18.0. The lowest BCUT2D eigenvalue weighted by atomic mass is 10.0. The molecule has 1 saturated heterocycles. The number of esters is 1. The molecule has 1 amide bonds. The number of hydrogen-bond acceptors (Lipinski definition) is 5. The van der Waals surface area contributed by atoms with E-state index in [1.54, 1.807) is 0 Å². The summed E-state index contributed by atoms with van der Waals surface area (Å²) in [6.07, 6.45) is 1.11. The first kappa shape index (κ1) is 18.1. The van der Waals surface area contributed by atoms with Gasteiger partial charge in [0.05, 0.1) is 7.11 Å². The van der Waals surface area contributed by atoms with Gasteiger partial charge in [-0.2, -0.15) is 0 Å². The third kappa shape index (κ3) is 3.78. The van der Waals surface area contributed by atoms with Gasteiger partial charge >= 0.3 is 5.97 Å². The molecule has 0 unspecified atom stereocenters. The van der Waals surface area contributed by atoms with Crippen LogP contribution in [0.2, 0.25) is 0 Å². The molecular weight excluding hydrogens is 406 g/mol. The number of rotatable bonds is 4. The highest BCUT2D eigenvalue weighted by molar-refractivity contribution is 9.10. The van der Waals surface area contributed by atoms with Gasteiger partial charge in [-0.15, -0.1) is 11.3 Å². The van der Waals surface area contributed by atoms with Crippen molar-refractivity contribution in [3.8, 4) is 11.1 Å². The highest BCUT2D eigenvalue weighted by Gasteiger charge is 2.29. The van der Waals surface area contributed by atoms with Gasteiger partial charge in [-0.1, -0.05) is 28.1 Å². The summed E-state index contributed by atoms with van der Waals surface area (Å²) < 4.78 is 11.3. The molecule has 2 aromatic rings. The molecule has 1 aromatic carbocycles. The SMILES string of the molecule is COC(=O)c1c(NC(=O)[C@H]2CCCO2)sc(C)c1-c1ccc(Br)cc1. The summed E-state index contributed by atoms with van der Waals surface area (Å²) in [5.74, 6) is -0.684. The Morgan fingerprint density at radius 1 is 1.32 bits per heavy atom. The highest BCUT2D eigenvalue weighted by atomic mass is 79.9. The van der Waals surface area contributed by atoms with E-state index < -0.39 is 12.1 Å². The van der Waals surface area contributed by atoms with Crippen LogP contribution in [0.4, 0.5) is 5.00 Å². The molecule has 1 atom stereocenters. The van der Waals surface area contributed by atoms with Crippen LogP contribution in [0.3, 0.4) is 0 Å². The van der Waals surface area contributed by atoms with E-state index in [2.05, 4.69) is 21.2 Å². The average Bonchev–Trinajstić information content (AvgIpc) is 3.23. The maximum atomic E-state index is 12.4. The third-order valence-electron chi connectivity index (χ3n) is 4.07. The van der Waals surface area contributed by atoms with Crippen molar-refractivity contribution in [2.75, 3.05) is 19.0 Å². The van der Waals surface area contributed by atoms with Gasteiger partial charge in [-0.25, -0.2) is 4.79 Å². The minimum Gasteiger partial charge on any atom is -0.465 e. The van der Waals surface area contributed by atoms with Gasteiger partial charge in [0.1, 0.15) is 16.7 Å². The van der Waals surface area contributed by atoms with E-state index in [1.165, 1.54) is 18.4 Å². The van der Waals surface area contributed by atoms with Crippen LogP contribution in [-0.2, 0) is 14.3 Å². The molecule has 132 valence electrons. The summed E-state index contributed by atoms with van der Waals surface area (Å²) in [5.41, 5.74) is 2.07. The maximum Gasteiger partial charge on any atom is 0.341 e. The minimum atomic E-state index is -0.468. The first-order chi connectivity index (χ1) is 12.0. The number of thiophene rings is 1.